The number of alkyl halides is 1. The molecule has 0 bridgehead atoms. The molecular formula is C3H6BIO2. The minimum absolute atomic E-state index is 0.0839. The summed E-state index contributed by atoms with van der Waals surface area (Å²) < 4.78 is 11.1. The molecule has 0 aromatic carbocycles. The summed E-state index contributed by atoms with van der Waals surface area (Å²) in [5, 5.41) is 0. The molecule has 1 fully saturated rings. The zero-order valence-electron chi connectivity index (χ0n) is 3.89. The molecule has 0 aromatic rings. The molecule has 0 unspecified atom stereocenters. The van der Waals surface area contributed by atoms with Crippen molar-refractivity contribution in [3.63, 3.8) is 0 Å². The van der Waals surface area contributed by atoms with Crippen LogP contribution < -0.4 is 0 Å². The van der Waals surface area contributed by atoms with Gasteiger partial charge in [-0.1, -0.05) is 22.6 Å². The highest BCUT2D eigenvalue weighted by Crippen LogP contribution is 2.00. The van der Waals surface area contributed by atoms with Gasteiger partial charge in [-0.25, -0.2) is 0 Å². The van der Waals surface area contributed by atoms with Gasteiger partial charge in [-0.15, -0.1) is 0 Å². The Morgan fingerprint density at radius 3 is 2.29 bits per heavy atom. The van der Waals surface area contributed by atoms with Gasteiger partial charge in [0.05, 0.1) is 13.2 Å². The van der Waals surface area contributed by atoms with Crippen molar-refractivity contribution in [2.45, 2.75) is 0 Å². The average molecular weight is 212 g/mol. The van der Waals surface area contributed by atoms with Gasteiger partial charge in [0.1, 0.15) is 0 Å². The molecule has 1 rings (SSSR count). The van der Waals surface area contributed by atoms with E-state index in [1.165, 1.54) is 0 Å². The molecule has 1 aliphatic heterocycles. The molecule has 0 aliphatic carbocycles. The van der Waals surface area contributed by atoms with Gasteiger partial charge in [-0.3, -0.25) is 0 Å². The Hall–Kier alpha value is 0.715. The van der Waals surface area contributed by atoms with Crippen LogP contribution >= 0.6 is 22.6 Å². The van der Waals surface area contributed by atoms with E-state index in [4.69, 9.17) is 9.31 Å². The molecule has 1 saturated heterocycles. The van der Waals surface area contributed by atoms with Crippen LogP contribution in [0.3, 0.4) is 0 Å². The first-order chi connectivity index (χ1) is 3.43. The molecule has 1 heterocycles. The Balaban J connectivity index is 2.14. The van der Waals surface area contributed by atoms with Gasteiger partial charge in [0.25, 0.3) is 0 Å². The SMILES string of the molecule is ICB1OCCO1. The Kier molecular flexibility index (Phi) is 2.41. The second-order valence-corrected chi connectivity index (χ2v) is 2.21. The van der Waals surface area contributed by atoms with Crippen molar-refractivity contribution < 1.29 is 9.31 Å². The van der Waals surface area contributed by atoms with E-state index in [0.29, 0.717) is 0 Å². The Morgan fingerprint density at radius 2 is 2.00 bits per heavy atom. The molecule has 7 heavy (non-hydrogen) atoms. The molecule has 0 amide bonds. The van der Waals surface area contributed by atoms with E-state index in [9.17, 15) is 0 Å². The molecule has 40 valence electrons. The van der Waals surface area contributed by atoms with Crippen molar-refractivity contribution in [3.05, 3.63) is 0 Å². The third kappa shape index (κ3) is 1.58. The highest BCUT2D eigenvalue weighted by atomic mass is 127. The number of hydrogen-bond acceptors (Lipinski definition) is 2. The highest BCUT2D eigenvalue weighted by molar-refractivity contribution is 14.1. The lowest BCUT2D eigenvalue weighted by Crippen LogP contribution is -2.15. The fourth-order valence-electron chi connectivity index (χ4n) is 0.496. The molecule has 0 radical (unpaired) electrons. The summed E-state index contributed by atoms with van der Waals surface area (Å²) in [5.74, 6) is 0. The van der Waals surface area contributed by atoms with Crippen LogP contribution in [0.25, 0.3) is 0 Å². The van der Waals surface area contributed by atoms with Crippen LogP contribution in [0.5, 0.6) is 0 Å². The Bertz CT molecular complexity index is 54.9. The van der Waals surface area contributed by atoms with E-state index in [0.717, 1.165) is 17.5 Å². The van der Waals surface area contributed by atoms with Crippen molar-refractivity contribution in [3.8, 4) is 0 Å². The molecule has 0 saturated carbocycles. The Labute approximate surface area is 56.8 Å². The van der Waals surface area contributed by atoms with Crippen LogP contribution in [0.4, 0.5) is 0 Å². The van der Waals surface area contributed by atoms with Crippen LogP contribution in [-0.2, 0) is 9.31 Å². The zero-order valence-corrected chi connectivity index (χ0v) is 6.05. The summed E-state index contributed by atoms with van der Waals surface area (Å²) in [7, 11) is 0.0839. The first kappa shape index (κ1) is 5.84. The zero-order chi connectivity index (χ0) is 5.11. The first-order valence-electron chi connectivity index (χ1n) is 2.22. The summed E-state index contributed by atoms with van der Waals surface area (Å²) >= 11 is 2.24. The first-order valence-corrected chi connectivity index (χ1v) is 3.75. The predicted molar refractivity (Wildman–Crippen MR) is 36.5 cm³/mol. The maximum absolute atomic E-state index is 5.07. The lowest BCUT2D eigenvalue weighted by atomic mass is 9.97. The van der Waals surface area contributed by atoms with Crippen molar-refractivity contribution in [1.29, 1.82) is 0 Å². The third-order valence-electron chi connectivity index (χ3n) is 0.817. The van der Waals surface area contributed by atoms with E-state index >= 15 is 0 Å². The second kappa shape index (κ2) is 2.89. The molecule has 1 aliphatic rings. The molecule has 2 nitrogen and oxygen atoms in total. The van der Waals surface area contributed by atoms with Crippen molar-refractivity contribution in [1.82, 2.24) is 0 Å². The largest absolute Gasteiger partial charge is 0.467 e. The van der Waals surface area contributed by atoms with Crippen LogP contribution in [0.2, 0.25) is 0 Å². The summed E-state index contributed by atoms with van der Waals surface area (Å²) in [6.45, 7) is 1.54. The standard InChI is InChI=1S/C3H6BIO2/c5-3-4-6-1-2-7-4/h1-3H2. The monoisotopic (exact) mass is 212 g/mol. The summed E-state index contributed by atoms with van der Waals surface area (Å²) in [4.78, 5) is 0. The lowest BCUT2D eigenvalue weighted by molar-refractivity contribution is 0.365. The van der Waals surface area contributed by atoms with Gasteiger partial charge < -0.3 is 9.31 Å². The van der Waals surface area contributed by atoms with Crippen molar-refractivity contribution in [2.75, 3.05) is 17.5 Å². The maximum Gasteiger partial charge on any atom is 0.467 e. The summed E-state index contributed by atoms with van der Waals surface area (Å²) in [6.07, 6.45) is 0. The predicted octanol–water partition coefficient (Wildman–Crippen LogP) is 0.496. The van der Waals surface area contributed by atoms with Crippen LogP contribution in [0, 0.1) is 0 Å². The van der Waals surface area contributed by atoms with E-state index in [2.05, 4.69) is 22.6 Å². The minimum atomic E-state index is 0.0839. The molecule has 4 heteroatoms. The van der Waals surface area contributed by atoms with Gasteiger partial charge in [-0.05, 0) is 0 Å². The molecule has 0 spiro atoms. The van der Waals surface area contributed by atoms with Gasteiger partial charge >= 0.3 is 7.12 Å². The van der Waals surface area contributed by atoms with Crippen molar-refractivity contribution in [2.24, 2.45) is 0 Å². The van der Waals surface area contributed by atoms with E-state index in [-0.39, 0.29) is 7.12 Å². The van der Waals surface area contributed by atoms with E-state index in [1.807, 2.05) is 0 Å². The second-order valence-electron chi connectivity index (χ2n) is 1.33. The molecule has 0 atom stereocenters. The smallest absolute Gasteiger partial charge is 0.408 e. The molecule has 0 N–H and O–H groups in total. The van der Waals surface area contributed by atoms with Gasteiger partial charge in [0, 0.05) is 4.33 Å². The van der Waals surface area contributed by atoms with Crippen LogP contribution in [-0.4, -0.2) is 24.7 Å². The third-order valence-corrected chi connectivity index (χ3v) is 1.54. The summed E-state index contributed by atoms with van der Waals surface area (Å²) in [5.41, 5.74) is 0. The number of halogens is 1. The topological polar surface area (TPSA) is 18.5 Å². The minimum Gasteiger partial charge on any atom is -0.408 e. The van der Waals surface area contributed by atoms with Gasteiger partial charge in [0.2, 0.25) is 0 Å². The normalized spacial score (nSPS) is 21.0. The quantitative estimate of drug-likeness (QED) is 0.357. The maximum atomic E-state index is 5.07. The Morgan fingerprint density at radius 1 is 1.43 bits per heavy atom. The average Bonchev–Trinajstić information content (AvgIpc) is 2.14. The number of hydrogen-bond donors (Lipinski definition) is 0. The number of rotatable bonds is 1. The summed E-state index contributed by atoms with van der Waals surface area (Å²) in [6, 6.07) is 0. The van der Waals surface area contributed by atoms with Crippen molar-refractivity contribution >= 4 is 29.7 Å². The fourth-order valence-corrected chi connectivity index (χ4v) is 1.00. The highest BCUT2D eigenvalue weighted by Gasteiger charge is 2.20. The lowest BCUT2D eigenvalue weighted by Gasteiger charge is -1.93. The van der Waals surface area contributed by atoms with E-state index in [1.54, 1.807) is 0 Å². The van der Waals surface area contributed by atoms with Gasteiger partial charge in [0.15, 0.2) is 0 Å². The molecular weight excluding hydrogens is 206 g/mol. The van der Waals surface area contributed by atoms with Crippen LogP contribution in [0.1, 0.15) is 0 Å². The van der Waals surface area contributed by atoms with Gasteiger partial charge in [-0.2, -0.15) is 0 Å². The van der Waals surface area contributed by atoms with Crippen LogP contribution in [0.15, 0.2) is 0 Å². The molecule has 0 aromatic heterocycles. The van der Waals surface area contributed by atoms with E-state index < -0.39 is 0 Å². The fraction of sp³-hybridized carbons (Fsp3) is 1.00.